The van der Waals surface area contributed by atoms with E-state index in [1.54, 1.807) is 16.8 Å². The normalized spacial score (nSPS) is 19.7. The molecule has 9 nitrogen and oxygen atoms in total. The van der Waals surface area contributed by atoms with Crippen molar-refractivity contribution in [2.45, 2.75) is 50.5 Å². The van der Waals surface area contributed by atoms with Gasteiger partial charge in [0.05, 0.1) is 5.39 Å². The molecule has 2 saturated heterocycles. The highest BCUT2D eigenvalue weighted by atomic mass is 32.2. The molecule has 35 heavy (non-hydrogen) atoms. The summed E-state index contributed by atoms with van der Waals surface area (Å²) in [5.74, 6) is 0.795. The van der Waals surface area contributed by atoms with Crippen LogP contribution in [0.3, 0.4) is 0 Å². The van der Waals surface area contributed by atoms with Crippen LogP contribution in [-0.4, -0.2) is 77.5 Å². The Morgan fingerprint density at radius 3 is 2.57 bits per heavy atom. The fraction of sp³-hybridized carbons (Fsp3) is 0.542. The second-order valence-corrected chi connectivity index (χ2v) is 11.9. The number of hydrogen-bond donors (Lipinski definition) is 0. The maximum absolute atomic E-state index is 13.5. The zero-order valence-electron chi connectivity index (χ0n) is 20.3. The average molecular weight is 517 g/mol. The van der Waals surface area contributed by atoms with Crippen molar-refractivity contribution in [3.8, 4) is 5.13 Å². The van der Waals surface area contributed by atoms with Gasteiger partial charge in [-0.15, -0.1) is 11.3 Å². The second kappa shape index (κ2) is 9.96. The number of pyridine rings is 2. The maximum atomic E-state index is 13.5. The van der Waals surface area contributed by atoms with E-state index in [1.165, 1.54) is 21.8 Å². The highest BCUT2D eigenvalue weighted by Gasteiger charge is 2.31. The van der Waals surface area contributed by atoms with Crippen LogP contribution in [0, 0.1) is 0 Å². The molecule has 5 heterocycles. The smallest absolute Gasteiger partial charge is 0.248 e. The van der Waals surface area contributed by atoms with Crippen molar-refractivity contribution in [3.63, 3.8) is 0 Å². The van der Waals surface area contributed by atoms with Crippen molar-refractivity contribution < 1.29 is 8.42 Å². The van der Waals surface area contributed by atoms with Crippen LogP contribution >= 0.6 is 11.3 Å². The van der Waals surface area contributed by atoms with Crippen molar-refractivity contribution in [1.29, 1.82) is 0 Å². The van der Waals surface area contributed by atoms with E-state index in [-0.39, 0.29) is 4.90 Å². The molecule has 0 radical (unpaired) electrons. The van der Waals surface area contributed by atoms with Crippen LogP contribution in [0.15, 0.2) is 39.6 Å². The number of fused-ring (bicyclic) bond motifs is 1. The summed E-state index contributed by atoms with van der Waals surface area (Å²) in [4.78, 5) is 27.3. The predicted octanol–water partition coefficient (Wildman–Crippen LogP) is 2.94. The van der Waals surface area contributed by atoms with Crippen LogP contribution in [0.25, 0.3) is 16.2 Å². The van der Waals surface area contributed by atoms with E-state index in [0.29, 0.717) is 35.3 Å². The van der Waals surface area contributed by atoms with Gasteiger partial charge in [0.15, 0.2) is 10.8 Å². The van der Waals surface area contributed by atoms with E-state index in [9.17, 15) is 13.2 Å². The summed E-state index contributed by atoms with van der Waals surface area (Å²) in [6.45, 7) is 9.04. The van der Waals surface area contributed by atoms with Gasteiger partial charge >= 0.3 is 0 Å². The first kappa shape index (κ1) is 24.4. The third-order valence-electron chi connectivity index (χ3n) is 7.18. The van der Waals surface area contributed by atoms with Crippen molar-refractivity contribution in [1.82, 2.24) is 23.7 Å². The van der Waals surface area contributed by atoms with E-state index < -0.39 is 15.5 Å². The summed E-state index contributed by atoms with van der Waals surface area (Å²) in [5, 5.41) is 2.70. The minimum atomic E-state index is -3.91. The topological polar surface area (TPSA) is 91.6 Å². The molecule has 2 aliphatic heterocycles. The van der Waals surface area contributed by atoms with Gasteiger partial charge in [-0.25, -0.2) is 18.4 Å². The molecule has 2 fully saturated rings. The lowest BCUT2D eigenvalue weighted by Gasteiger charge is -2.27. The first-order valence-electron chi connectivity index (χ1n) is 12.4. The monoisotopic (exact) mass is 516 g/mol. The molecule has 0 aromatic carbocycles. The third kappa shape index (κ3) is 4.50. The first-order chi connectivity index (χ1) is 16.9. The maximum Gasteiger partial charge on any atom is 0.248 e. The number of hydrogen-bond acceptors (Lipinski definition) is 8. The molecular formula is C24H32N6O3S2. The quantitative estimate of drug-likeness (QED) is 0.477. The molecule has 3 aromatic heterocycles. The SMILES string of the molecule is CCN(CC)C1CCN(c2ccc3c(=O)c(S(=O)(=O)N4CCCCC4)cn(-c4nccs4)c3n2)C1. The Morgan fingerprint density at radius 1 is 1.11 bits per heavy atom. The Balaban J connectivity index is 1.60. The van der Waals surface area contributed by atoms with E-state index in [0.717, 1.165) is 57.7 Å². The van der Waals surface area contributed by atoms with Crippen molar-refractivity contribution in [3.05, 3.63) is 40.1 Å². The number of nitrogens with zero attached hydrogens (tertiary/aromatic N) is 6. The lowest BCUT2D eigenvalue weighted by atomic mass is 10.2. The molecular weight excluding hydrogens is 484 g/mol. The fourth-order valence-corrected chi connectivity index (χ4v) is 7.46. The number of likely N-dealkylation sites (N-methyl/N-ethyl adjacent to an activating group) is 1. The van der Waals surface area contributed by atoms with Gasteiger partial charge in [0.1, 0.15) is 10.7 Å². The van der Waals surface area contributed by atoms with Gasteiger partial charge in [-0.2, -0.15) is 4.31 Å². The van der Waals surface area contributed by atoms with Gasteiger partial charge in [-0.3, -0.25) is 14.3 Å². The van der Waals surface area contributed by atoms with Crippen LogP contribution in [0.2, 0.25) is 0 Å². The molecule has 2 aliphatic rings. The number of rotatable bonds is 7. The third-order valence-corrected chi connectivity index (χ3v) is 9.84. The average Bonchev–Trinajstić information content (AvgIpc) is 3.58. The van der Waals surface area contributed by atoms with E-state index in [2.05, 4.69) is 28.6 Å². The van der Waals surface area contributed by atoms with Gasteiger partial charge in [-0.05, 0) is 44.5 Å². The predicted molar refractivity (Wildman–Crippen MR) is 139 cm³/mol. The van der Waals surface area contributed by atoms with Gasteiger partial charge in [0.2, 0.25) is 15.5 Å². The summed E-state index contributed by atoms with van der Waals surface area (Å²) in [7, 11) is -3.91. The van der Waals surface area contributed by atoms with E-state index in [4.69, 9.17) is 4.98 Å². The number of piperidine rings is 1. The standard InChI is InChI=1S/C24H32N6O3S2/c1-3-27(4-2)18-10-14-28(16-18)21-9-8-19-22(31)20(35(32,33)29-12-6-5-7-13-29)17-30(23(19)26-21)24-25-11-15-34-24/h8-9,11,15,17-18H,3-7,10,12-14,16H2,1-2H3. The van der Waals surface area contributed by atoms with Crippen molar-refractivity contribution in [2.75, 3.05) is 44.2 Å². The molecule has 0 N–H and O–H groups in total. The van der Waals surface area contributed by atoms with Gasteiger partial charge in [0.25, 0.3) is 0 Å². The van der Waals surface area contributed by atoms with E-state index in [1.807, 2.05) is 11.4 Å². The van der Waals surface area contributed by atoms with Gasteiger partial charge in [0, 0.05) is 50.0 Å². The van der Waals surface area contributed by atoms with Gasteiger partial charge in [-0.1, -0.05) is 20.3 Å². The molecule has 3 aromatic rings. The minimum Gasteiger partial charge on any atom is -0.355 e. The molecule has 0 aliphatic carbocycles. The molecule has 1 atom stereocenters. The van der Waals surface area contributed by atoms with Crippen molar-refractivity contribution in [2.24, 2.45) is 0 Å². The summed E-state index contributed by atoms with van der Waals surface area (Å²) in [5.41, 5.74) is -0.0637. The molecule has 5 rings (SSSR count). The lowest BCUT2D eigenvalue weighted by Crippen LogP contribution is -2.38. The zero-order chi connectivity index (χ0) is 24.6. The summed E-state index contributed by atoms with van der Waals surface area (Å²) < 4.78 is 30.0. The molecule has 0 bridgehead atoms. The highest BCUT2D eigenvalue weighted by Crippen LogP contribution is 2.27. The Labute approximate surface area is 210 Å². The van der Waals surface area contributed by atoms with Crippen LogP contribution in [0.5, 0.6) is 0 Å². The Hall–Kier alpha value is -2.34. The summed E-state index contributed by atoms with van der Waals surface area (Å²) >= 11 is 1.38. The molecule has 1 unspecified atom stereocenters. The Bertz CT molecular complexity index is 1350. The highest BCUT2D eigenvalue weighted by molar-refractivity contribution is 7.89. The Morgan fingerprint density at radius 2 is 1.89 bits per heavy atom. The summed E-state index contributed by atoms with van der Waals surface area (Å²) in [6, 6.07) is 4.04. The first-order valence-corrected chi connectivity index (χ1v) is 14.7. The van der Waals surface area contributed by atoms with Crippen molar-refractivity contribution >= 4 is 38.2 Å². The van der Waals surface area contributed by atoms with Gasteiger partial charge < -0.3 is 4.90 Å². The minimum absolute atomic E-state index is 0.209. The number of anilines is 1. The fourth-order valence-electron chi connectivity index (χ4n) is 5.24. The van der Waals surface area contributed by atoms with Crippen LogP contribution in [-0.2, 0) is 10.0 Å². The second-order valence-electron chi connectivity index (χ2n) is 9.12. The molecule has 0 saturated carbocycles. The molecule has 11 heteroatoms. The molecule has 188 valence electrons. The molecule has 0 spiro atoms. The van der Waals surface area contributed by atoms with E-state index >= 15 is 0 Å². The number of aromatic nitrogens is 3. The number of thiazole rings is 1. The van der Waals surface area contributed by atoms with Crippen LogP contribution in [0.1, 0.15) is 39.5 Å². The number of sulfonamides is 1. The molecule has 0 amide bonds. The Kier molecular flexibility index (Phi) is 6.93. The summed E-state index contributed by atoms with van der Waals surface area (Å²) in [6.07, 6.45) is 6.78. The van der Waals surface area contributed by atoms with Crippen LogP contribution in [0.4, 0.5) is 5.82 Å². The largest absolute Gasteiger partial charge is 0.355 e. The lowest BCUT2D eigenvalue weighted by molar-refractivity contribution is 0.232. The zero-order valence-corrected chi connectivity index (χ0v) is 21.9. The van der Waals surface area contributed by atoms with Crippen LogP contribution < -0.4 is 10.3 Å².